The highest BCUT2D eigenvalue weighted by atomic mass is 32.1. The van der Waals surface area contributed by atoms with Crippen molar-refractivity contribution in [1.29, 1.82) is 0 Å². The Labute approximate surface area is 133 Å². The molecule has 118 valence electrons. The number of nitrogens with zero attached hydrogens (tertiary/aromatic N) is 4. The van der Waals surface area contributed by atoms with Crippen LogP contribution >= 0.6 is 11.5 Å². The van der Waals surface area contributed by atoms with Gasteiger partial charge in [-0.3, -0.25) is 0 Å². The molecule has 1 fully saturated rings. The van der Waals surface area contributed by atoms with Gasteiger partial charge in [-0.25, -0.2) is 9.37 Å². The highest BCUT2D eigenvalue weighted by Gasteiger charge is 2.20. The van der Waals surface area contributed by atoms with Crippen LogP contribution in [0.3, 0.4) is 0 Å². The molecule has 1 aromatic carbocycles. The lowest BCUT2D eigenvalue weighted by atomic mass is 10.2. The van der Waals surface area contributed by atoms with E-state index in [0.29, 0.717) is 0 Å². The zero-order valence-electron chi connectivity index (χ0n) is 12.8. The molecule has 2 aromatic rings. The number of ether oxygens (including phenoxy) is 1. The first-order chi connectivity index (χ1) is 10.7. The molecule has 0 saturated carbocycles. The van der Waals surface area contributed by atoms with E-state index in [1.807, 2.05) is 6.07 Å². The second-order valence-electron chi connectivity index (χ2n) is 5.14. The summed E-state index contributed by atoms with van der Waals surface area (Å²) in [5, 5.41) is 0.984. The molecule has 5 nitrogen and oxygen atoms in total. The maximum atomic E-state index is 13.8. The number of aryl methyl sites for hydroxylation is 1. The Morgan fingerprint density at radius 2 is 1.95 bits per heavy atom. The Morgan fingerprint density at radius 3 is 2.55 bits per heavy atom. The van der Waals surface area contributed by atoms with Crippen LogP contribution in [-0.4, -0.2) is 42.6 Å². The average molecular weight is 322 g/mol. The SMILES string of the molecule is CCc1nsc(N2CCN(c3ccc(OC)c(F)c3)CC2)n1. The Kier molecular flexibility index (Phi) is 4.42. The lowest BCUT2D eigenvalue weighted by molar-refractivity contribution is 0.386. The predicted octanol–water partition coefficient (Wildman–Crippen LogP) is 2.57. The van der Waals surface area contributed by atoms with Crippen molar-refractivity contribution in [1.82, 2.24) is 9.36 Å². The summed E-state index contributed by atoms with van der Waals surface area (Å²) in [6.07, 6.45) is 0.863. The van der Waals surface area contributed by atoms with Crippen molar-refractivity contribution >= 4 is 22.4 Å². The summed E-state index contributed by atoms with van der Waals surface area (Å²) in [4.78, 5) is 8.95. The third-order valence-corrected chi connectivity index (χ3v) is 4.64. The summed E-state index contributed by atoms with van der Waals surface area (Å²) >= 11 is 1.45. The second kappa shape index (κ2) is 6.48. The largest absolute Gasteiger partial charge is 0.494 e. The number of aromatic nitrogens is 2. The lowest BCUT2D eigenvalue weighted by Crippen LogP contribution is -2.46. The van der Waals surface area contributed by atoms with Crippen molar-refractivity contribution < 1.29 is 9.13 Å². The van der Waals surface area contributed by atoms with Gasteiger partial charge in [0.05, 0.1) is 7.11 Å². The van der Waals surface area contributed by atoms with E-state index in [0.717, 1.165) is 49.2 Å². The van der Waals surface area contributed by atoms with E-state index < -0.39 is 0 Å². The van der Waals surface area contributed by atoms with Gasteiger partial charge in [0.1, 0.15) is 5.82 Å². The Morgan fingerprint density at radius 1 is 1.23 bits per heavy atom. The predicted molar refractivity (Wildman–Crippen MR) is 86.7 cm³/mol. The van der Waals surface area contributed by atoms with Crippen LogP contribution in [0.5, 0.6) is 5.75 Å². The van der Waals surface area contributed by atoms with Crippen molar-refractivity contribution in [2.24, 2.45) is 0 Å². The van der Waals surface area contributed by atoms with Crippen LogP contribution in [0.25, 0.3) is 0 Å². The van der Waals surface area contributed by atoms with Gasteiger partial charge in [0.15, 0.2) is 11.6 Å². The lowest BCUT2D eigenvalue weighted by Gasteiger charge is -2.35. The molecule has 0 aliphatic carbocycles. The molecule has 22 heavy (non-hydrogen) atoms. The molecule has 0 bridgehead atoms. The Bertz CT molecular complexity index is 640. The molecule has 0 radical (unpaired) electrons. The summed E-state index contributed by atoms with van der Waals surface area (Å²) in [7, 11) is 1.48. The minimum atomic E-state index is -0.320. The van der Waals surface area contributed by atoms with Crippen LogP contribution in [0.1, 0.15) is 12.7 Å². The fourth-order valence-electron chi connectivity index (χ4n) is 2.52. The minimum Gasteiger partial charge on any atom is -0.494 e. The molecule has 3 rings (SSSR count). The standard InChI is InChI=1S/C15H19FN4OS/c1-3-14-17-15(22-18-14)20-8-6-19(7-9-20)11-4-5-13(21-2)12(16)10-11/h4-5,10H,3,6-9H2,1-2H3. The van der Waals surface area contributed by atoms with E-state index in [-0.39, 0.29) is 11.6 Å². The normalized spacial score (nSPS) is 15.2. The molecule has 1 aromatic heterocycles. The number of piperazine rings is 1. The van der Waals surface area contributed by atoms with E-state index in [1.54, 1.807) is 6.07 Å². The van der Waals surface area contributed by atoms with Crippen LogP contribution in [0.2, 0.25) is 0 Å². The first-order valence-corrected chi connectivity index (χ1v) is 8.14. The molecule has 7 heteroatoms. The minimum absolute atomic E-state index is 0.281. The number of anilines is 2. The second-order valence-corrected chi connectivity index (χ2v) is 5.87. The van der Waals surface area contributed by atoms with Crippen molar-refractivity contribution in [2.45, 2.75) is 13.3 Å². The molecule has 1 saturated heterocycles. The van der Waals surface area contributed by atoms with Gasteiger partial charge in [-0.2, -0.15) is 4.37 Å². The van der Waals surface area contributed by atoms with Crippen molar-refractivity contribution in [3.8, 4) is 5.75 Å². The van der Waals surface area contributed by atoms with Crippen molar-refractivity contribution in [2.75, 3.05) is 43.1 Å². The fourth-order valence-corrected chi connectivity index (χ4v) is 3.33. The van der Waals surface area contributed by atoms with Crippen LogP contribution in [0, 0.1) is 5.82 Å². The first kappa shape index (κ1) is 15.0. The van der Waals surface area contributed by atoms with Crippen LogP contribution in [0.15, 0.2) is 18.2 Å². The van der Waals surface area contributed by atoms with Gasteiger partial charge < -0.3 is 14.5 Å². The number of benzene rings is 1. The quantitative estimate of drug-likeness (QED) is 0.865. The first-order valence-electron chi connectivity index (χ1n) is 7.37. The number of halogens is 1. The smallest absolute Gasteiger partial charge is 0.205 e. The van der Waals surface area contributed by atoms with Crippen molar-refractivity contribution in [3.05, 3.63) is 29.8 Å². The highest BCUT2D eigenvalue weighted by molar-refractivity contribution is 7.09. The van der Waals surface area contributed by atoms with E-state index in [1.165, 1.54) is 24.7 Å². The van der Waals surface area contributed by atoms with Crippen LogP contribution < -0.4 is 14.5 Å². The van der Waals surface area contributed by atoms with E-state index in [2.05, 4.69) is 26.1 Å². The third-order valence-electron chi connectivity index (χ3n) is 3.82. The number of rotatable bonds is 4. The third kappa shape index (κ3) is 2.99. The topological polar surface area (TPSA) is 41.5 Å². The summed E-state index contributed by atoms with van der Waals surface area (Å²) in [6.45, 7) is 5.47. The van der Waals surface area contributed by atoms with Gasteiger partial charge in [-0.15, -0.1) is 0 Å². The molecular formula is C15H19FN4OS. The average Bonchev–Trinajstić information content (AvgIpc) is 3.04. The molecular weight excluding hydrogens is 303 g/mol. The van der Waals surface area contributed by atoms with Gasteiger partial charge in [-0.05, 0) is 12.1 Å². The summed E-state index contributed by atoms with van der Waals surface area (Å²) in [5.74, 6) is 0.863. The Balaban J connectivity index is 1.65. The van der Waals surface area contributed by atoms with Gasteiger partial charge in [0, 0.05) is 55.9 Å². The molecule has 0 unspecified atom stereocenters. The van der Waals surface area contributed by atoms with Gasteiger partial charge in [0.2, 0.25) is 5.13 Å². The molecule has 1 aliphatic heterocycles. The molecule has 1 aliphatic rings. The molecule has 0 spiro atoms. The summed E-state index contributed by atoms with van der Waals surface area (Å²) in [6, 6.07) is 5.11. The zero-order chi connectivity index (χ0) is 15.5. The van der Waals surface area contributed by atoms with Crippen LogP contribution in [-0.2, 0) is 6.42 Å². The fraction of sp³-hybridized carbons (Fsp3) is 0.467. The summed E-state index contributed by atoms with van der Waals surface area (Å²) < 4.78 is 23.1. The maximum absolute atomic E-state index is 13.8. The monoisotopic (exact) mass is 322 g/mol. The van der Waals surface area contributed by atoms with Gasteiger partial charge in [-0.1, -0.05) is 6.92 Å². The van der Waals surface area contributed by atoms with Crippen LogP contribution in [0.4, 0.5) is 15.2 Å². The molecule has 0 atom stereocenters. The molecule has 2 heterocycles. The number of methoxy groups -OCH3 is 1. The van der Waals surface area contributed by atoms with Gasteiger partial charge >= 0.3 is 0 Å². The maximum Gasteiger partial charge on any atom is 0.205 e. The van der Waals surface area contributed by atoms with E-state index in [9.17, 15) is 4.39 Å². The molecule has 0 N–H and O–H groups in total. The van der Waals surface area contributed by atoms with E-state index in [4.69, 9.17) is 4.74 Å². The van der Waals surface area contributed by atoms with Crippen molar-refractivity contribution in [3.63, 3.8) is 0 Å². The number of hydrogen-bond donors (Lipinski definition) is 0. The number of hydrogen-bond acceptors (Lipinski definition) is 6. The highest BCUT2D eigenvalue weighted by Crippen LogP contribution is 2.26. The zero-order valence-corrected chi connectivity index (χ0v) is 13.6. The Hall–Kier alpha value is -1.89. The van der Waals surface area contributed by atoms with Gasteiger partial charge in [0.25, 0.3) is 0 Å². The molecule has 0 amide bonds. The summed E-state index contributed by atoms with van der Waals surface area (Å²) in [5.41, 5.74) is 0.893. The van der Waals surface area contributed by atoms with E-state index >= 15 is 0 Å².